The number of hydrogen-bond acceptors (Lipinski definition) is 2. The van der Waals surface area contributed by atoms with Crippen molar-refractivity contribution in [2.24, 2.45) is 0 Å². The number of carbonyl (C=O) groups is 1. The van der Waals surface area contributed by atoms with Crippen LogP contribution in [0.3, 0.4) is 0 Å². The highest BCUT2D eigenvalue weighted by atomic mass is 32.2. The maximum atomic E-state index is 12.4. The Labute approximate surface area is 119 Å². The van der Waals surface area contributed by atoms with Crippen LogP contribution in [0.2, 0.25) is 0 Å². The molecule has 2 rings (SSSR count). The number of carbonyl (C=O) groups excluding carboxylic acids is 1. The summed E-state index contributed by atoms with van der Waals surface area (Å²) in [5, 5.41) is 3.02. The summed E-state index contributed by atoms with van der Waals surface area (Å²) in [6.45, 7) is 4.26. The van der Waals surface area contributed by atoms with Gasteiger partial charge in [-0.25, -0.2) is 4.79 Å². The van der Waals surface area contributed by atoms with Crippen molar-refractivity contribution in [3.8, 4) is 0 Å². The standard InChI is InChI=1S/C15H22N2OS/c1-11-6-4-7-12(2)17(11)15(18)16-13-8-5-9-14(10-13)19-3/h5,8-12H,4,6-7H2,1-3H3,(H,16,18)/t11-,12+. The number of urea groups is 1. The first-order valence-corrected chi connectivity index (χ1v) is 8.07. The topological polar surface area (TPSA) is 32.3 Å². The van der Waals surface area contributed by atoms with E-state index in [0.717, 1.165) is 23.4 Å². The SMILES string of the molecule is CSc1cccc(NC(=O)N2[C@H](C)CCC[C@@H]2C)c1. The molecule has 19 heavy (non-hydrogen) atoms. The van der Waals surface area contributed by atoms with Gasteiger partial charge in [0.1, 0.15) is 0 Å². The number of amides is 2. The zero-order valence-electron chi connectivity index (χ0n) is 11.8. The van der Waals surface area contributed by atoms with Gasteiger partial charge in [0.25, 0.3) is 0 Å². The molecule has 0 saturated carbocycles. The van der Waals surface area contributed by atoms with Crippen LogP contribution in [0.25, 0.3) is 0 Å². The molecule has 1 aromatic rings. The molecule has 0 aliphatic carbocycles. The highest BCUT2D eigenvalue weighted by Gasteiger charge is 2.28. The molecule has 3 nitrogen and oxygen atoms in total. The van der Waals surface area contributed by atoms with Crippen molar-refractivity contribution in [2.75, 3.05) is 11.6 Å². The maximum absolute atomic E-state index is 12.4. The maximum Gasteiger partial charge on any atom is 0.322 e. The van der Waals surface area contributed by atoms with Gasteiger partial charge in [-0.2, -0.15) is 0 Å². The predicted molar refractivity (Wildman–Crippen MR) is 81.9 cm³/mol. The van der Waals surface area contributed by atoms with Gasteiger partial charge in [0.15, 0.2) is 0 Å². The Kier molecular flexibility index (Phi) is 4.75. The van der Waals surface area contributed by atoms with Crippen LogP contribution in [0.4, 0.5) is 10.5 Å². The summed E-state index contributed by atoms with van der Waals surface area (Å²) in [6.07, 6.45) is 5.45. The molecule has 1 aromatic carbocycles. The minimum Gasteiger partial charge on any atom is -0.319 e. The lowest BCUT2D eigenvalue weighted by atomic mass is 9.98. The van der Waals surface area contributed by atoms with Gasteiger partial charge in [0.2, 0.25) is 0 Å². The molecule has 2 amide bonds. The van der Waals surface area contributed by atoms with Gasteiger partial charge in [0, 0.05) is 22.7 Å². The summed E-state index contributed by atoms with van der Waals surface area (Å²) in [7, 11) is 0. The van der Waals surface area contributed by atoms with Crippen molar-refractivity contribution in [3.63, 3.8) is 0 Å². The van der Waals surface area contributed by atoms with Crippen LogP contribution in [0.1, 0.15) is 33.1 Å². The molecular formula is C15H22N2OS. The zero-order valence-corrected chi connectivity index (χ0v) is 12.7. The molecule has 1 fully saturated rings. The molecule has 1 saturated heterocycles. The van der Waals surface area contributed by atoms with Gasteiger partial charge in [-0.15, -0.1) is 11.8 Å². The van der Waals surface area contributed by atoms with Gasteiger partial charge in [-0.05, 0) is 57.6 Å². The van der Waals surface area contributed by atoms with Gasteiger partial charge in [0.05, 0.1) is 0 Å². The third kappa shape index (κ3) is 3.44. The molecule has 1 aliphatic heterocycles. The van der Waals surface area contributed by atoms with E-state index >= 15 is 0 Å². The minimum absolute atomic E-state index is 0.0259. The Morgan fingerprint density at radius 3 is 2.63 bits per heavy atom. The summed E-state index contributed by atoms with van der Waals surface area (Å²) in [5.74, 6) is 0. The number of nitrogens with zero attached hydrogens (tertiary/aromatic N) is 1. The van der Waals surface area contributed by atoms with Crippen LogP contribution in [-0.4, -0.2) is 29.3 Å². The molecule has 0 aromatic heterocycles. The minimum atomic E-state index is 0.0259. The number of nitrogens with one attached hydrogen (secondary N) is 1. The van der Waals surface area contributed by atoms with Crippen LogP contribution in [0.5, 0.6) is 0 Å². The average molecular weight is 278 g/mol. The van der Waals surface area contributed by atoms with Crippen molar-refractivity contribution in [1.82, 2.24) is 4.90 Å². The van der Waals surface area contributed by atoms with Crippen molar-refractivity contribution >= 4 is 23.5 Å². The predicted octanol–water partition coefficient (Wildman–Crippen LogP) is 4.20. The molecule has 104 valence electrons. The molecule has 1 N–H and O–H groups in total. The lowest BCUT2D eigenvalue weighted by molar-refractivity contribution is 0.133. The quantitative estimate of drug-likeness (QED) is 0.822. The number of thioether (sulfide) groups is 1. The van der Waals surface area contributed by atoms with Crippen LogP contribution < -0.4 is 5.32 Å². The van der Waals surface area contributed by atoms with Gasteiger partial charge >= 0.3 is 6.03 Å². The van der Waals surface area contributed by atoms with E-state index in [2.05, 4.69) is 19.2 Å². The molecule has 1 heterocycles. The number of rotatable bonds is 2. The number of hydrogen-bond donors (Lipinski definition) is 1. The highest BCUT2D eigenvalue weighted by molar-refractivity contribution is 7.98. The Morgan fingerprint density at radius 2 is 2.00 bits per heavy atom. The average Bonchev–Trinajstić information content (AvgIpc) is 2.38. The Balaban J connectivity index is 2.07. The number of anilines is 1. The van der Waals surface area contributed by atoms with E-state index in [1.165, 1.54) is 6.42 Å². The number of benzene rings is 1. The molecule has 1 aliphatic rings. The molecular weight excluding hydrogens is 256 g/mol. The van der Waals surface area contributed by atoms with Crippen molar-refractivity contribution in [3.05, 3.63) is 24.3 Å². The molecule has 0 bridgehead atoms. The van der Waals surface area contributed by atoms with E-state index in [1.54, 1.807) is 11.8 Å². The van der Waals surface area contributed by atoms with E-state index in [9.17, 15) is 4.79 Å². The molecule has 0 unspecified atom stereocenters. The first kappa shape index (κ1) is 14.3. The van der Waals surface area contributed by atoms with Crippen LogP contribution in [0.15, 0.2) is 29.2 Å². The third-order valence-electron chi connectivity index (χ3n) is 3.75. The van der Waals surface area contributed by atoms with E-state index < -0.39 is 0 Å². The van der Waals surface area contributed by atoms with Gasteiger partial charge in [-0.3, -0.25) is 0 Å². The van der Waals surface area contributed by atoms with Crippen LogP contribution in [0, 0.1) is 0 Å². The first-order valence-electron chi connectivity index (χ1n) is 6.85. The summed E-state index contributed by atoms with van der Waals surface area (Å²) in [5.41, 5.74) is 0.877. The van der Waals surface area contributed by atoms with Gasteiger partial charge in [-0.1, -0.05) is 6.07 Å². The van der Waals surface area contributed by atoms with E-state index in [1.807, 2.05) is 35.4 Å². The van der Waals surface area contributed by atoms with E-state index in [-0.39, 0.29) is 6.03 Å². The smallest absolute Gasteiger partial charge is 0.319 e. The fraction of sp³-hybridized carbons (Fsp3) is 0.533. The summed E-state index contributed by atoms with van der Waals surface area (Å²) >= 11 is 1.68. The van der Waals surface area contributed by atoms with Gasteiger partial charge < -0.3 is 10.2 Å². The Hall–Kier alpha value is -1.16. The highest BCUT2D eigenvalue weighted by Crippen LogP contribution is 2.24. The summed E-state index contributed by atoms with van der Waals surface area (Å²) in [6, 6.07) is 8.66. The molecule has 0 spiro atoms. The molecule has 0 radical (unpaired) electrons. The lowest BCUT2D eigenvalue weighted by Gasteiger charge is -2.38. The molecule has 2 atom stereocenters. The normalized spacial score (nSPS) is 23.2. The second kappa shape index (κ2) is 6.33. The van der Waals surface area contributed by atoms with Crippen LogP contribution in [-0.2, 0) is 0 Å². The van der Waals surface area contributed by atoms with Crippen molar-refractivity contribution in [1.29, 1.82) is 0 Å². The summed E-state index contributed by atoms with van der Waals surface area (Å²) in [4.78, 5) is 15.5. The molecule has 4 heteroatoms. The van der Waals surface area contributed by atoms with Crippen molar-refractivity contribution < 1.29 is 4.79 Å². The van der Waals surface area contributed by atoms with Crippen molar-refractivity contribution in [2.45, 2.75) is 50.1 Å². The third-order valence-corrected chi connectivity index (χ3v) is 4.47. The Morgan fingerprint density at radius 1 is 1.32 bits per heavy atom. The lowest BCUT2D eigenvalue weighted by Crippen LogP contribution is -2.49. The van der Waals surface area contributed by atoms with E-state index in [4.69, 9.17) is 0 Å². The fourth-order valence-electron chi connectivity index (χ4n) is 2.71. The number of likely N-dealkylation sites (tertiary alicyclic amines) is 1. The Bertz CT molecular complexity index is 440. The van der Waals surface area contributed by atoms with E-state index in [0.29, 0.717) is 12.1 Å². The largest absolute Gasteiger partial charge is 0.322 e. The fourth-order valence-corrected chi connectivity index (χ4v) is 3.17. The first-order chi connectivity index (χ1) is 9.11. The van der Waals surface area contributed by atoms with Crippen LogP contribution >= 0.6 is 11.8 Å². The zero-order chi connectivity index (χ0) is 13.8. The second-order valence-corrected chi connectivity index (χ2v) is 6.08. The second-order valence-electron chi connectivity index (χ2n) is 5.20. The summed E-state index contributed by atoms with van der Waals surface area (Å²) < 4.78 is 0. The monoisotopic (exact) mass is 278 g/mol. The number of piperidine rings is 1.